The summed E-state index contributed by atoms with van der Waals surface area (Å²) < 4.78 is 6.37. The first-order valence-corrected chi connectivity index (χ1v) is 10.1. The Kier molecular flexibility index (Phi) is 7.28. The summed E-state index contributed by atoms with van der Waals surface area (Å²) in [5.41, 5.74) is 5.84. The number of hydrazone groups is 1. The third-order valence-electron chi connectivity index (χ3n) is 4.10. The molecule has 0 aliphatic heterocycles. The molecule has 10 heteroatoms. The van der Waals surface area contributed by atoms with E-state index in [-0.39, 0.29) is 17.6 Å². The number of methoxy groups -OCH3 is 1. The van der Waals surface area contributed by atoms with Gasteiger partial charge in [-0.1, -0.05) is 41.6 Å². The summed E-state index contributed by atoms with van der Waals surface area (Å²) in [6.45, 7) is 2.50. The molecule has 156 valence electrons. The summed E-state index contributed by atoms with van der Waals surface area (Å²) in [6, 6.07) is 15.4. The Balaban J connectivity index is 1.46. The molecule has 3 rings (SSSR count). The molecule has 0 saturated carbocycles. The first kappa shape index (κ1) is 21.2. The van der Waals surface area contributed by atoms with Gasteiger partial charge in [0.25, 0.3) is 5.95 Å². The summed E-state index contributed by atoms with van der Waals surface area (Å²) in [6.07, 6.45) is 1.62. The lowest BCUT2D eigenvalue weighted by Crippen LogP contribution is -2.25. The number of nitrogen functional groups attached to an aromatic ring is 1. The molecule has 0 spiro atoms. The van der Waals surface area contributed by atoms with E-state index in [4.69, 9.17) is 10.6 Å². The van der Waals surface area contributed by atoms with Crippen molar-refractivity contribution in [2.24, 2.45) is 5.10 Å². The van der Waals surface area contributed by atoms with Crippen LogP contribution in [0.3, 0.4) is 0 Å². The highest BCUT2D eigenvalue weighted by Crippen LogP contribution is 2.16. The van der Waals surface area contributed by atoms with Crippen molar-refractivity contribution in [2.45, 2.75) is 18.6 Å². The van der Waals surface area contributed by atoms with Gasteiger partial charge >= 0.3 is 0 Å². The number of benzene rings is 2. The minimum Gasteiger partial charge on any atom is -0.497 e. The smallest absolute Gasteiger partial charge is 0.264 e. The fourth-order valence-corrected chi connectivity index (χ4v) is 3.08. The number of nitrogens with zero attached hydrogens (tertiary/aromatic N) is 4. The highest BCUT2D eigenvalue weighted by molar-refractivity contribution is 7.99. The van der Waals surface area contributed by atoms with Crippen molar-refractivity contribution in [3.8, 4) is 5.75 Å². The van der Waals surface area contributed by atoms with Gasteiger partial charge in [0.2, 0.25) is 11.1 Å². The fourth-order valence-electron chi connectivity index (χ4n) is 2.39. The number of carbonyl (C=O) groups excluding carboxylic acids is 1. The summed E-state index contributed by atoms with van der Waals surface area (Å²) in [5.74, 6) is 7.07. The lowest BCUT2D eigenvalue weighted by atomic mass is 10.1. The Labute approximate surface area is 178 Å². The van der Waals surface area contributed by atoms with Crippen molar-refractivity contribution in [2.75, 3.05) is 24.1 Å². The highest BCUT2D eigenvalue weighted by Gasteiger charge is 2.11. The van der Waals surface area contributed by atoms with Gasteiger partial charge in [-0.15, -0.1) is 10.2 Å². The maximum Gasteiger partial charge on any atom is 0.264 e. The molecule has 1 heterocycles. The fraction of sp³-hybridized carbons (Fsp3) is 0.200. The number of aromatic nitrogens is 3. The molecule has 0 unspecified atom stereocenters. The average Bonchev–Trinajstić information content (AvgIpc) is 3.12. The van der Waals surface area contributed by atoms with E-state index in [1.807, 2.05) is 55.5 Å². The van der Waals surface area contributed by atoms with E-state index in [1.54, 1.807) is 13.3 Å². The van der Waals surface area contributed by atoms with Gasteiger partial charge in [-0.05, 0) is 42.3 Å². The standard InChI is InChI=1S/C20H23N7O2S/c1-14-3-5-15(6-4-14)11-22-18(28)13-30-20-26-25-19(27(20)21)24-23-12-16-7-9-17(29-2)10-8-16/h3-10,12H,11,13,21H2,1-2H3,(H,22,28)(H,24,25)/b23-12+. The minimum absolute atomic E-state index is 0.115. The SMILES string of the molecule is COc1ccc(/C=N/Nc2nnc(SCC(=O)NCc3ccc(C)cc3)n2N)cc1. The molecule has 0 fully saturated rings. The normalized spacial score (nSPS) is 10.9. The van der Waals surface area contributed by atoms with Crippen molar-refractivity contribution < 1.29 is 9.53 Å². The molecule has 4 N–H and O–H groups in total. The molecule has 9 nitrogen and oxygen atoms in total. The Morgan fingerprint density at radius 3 is 2.63 bits per heavy atom. The summed E-state index contributed by atoms with van der Waals surface area (Å²) in [5, 5.41) is 15.3. The molecule has 0 atom stereocenters. The summed E-state index contributed by atoms with van der Waals surface area (Å²) in [4.78, 5) is 12.1. The zero-order chi connectivity index (χ0) is 21.3. The summed E-state index contributed by atoms with van der Waals surface area (Å²) in [7, 11) is 1.61. The number of nitrogens with two attached hydrogens (primary N) is 1. The third kappa shape index (κ3) is 5.98. The van der Waals surface area contributed by atoms with E-state index >= 15 is 0 Å². The number of hydrogen-bond acceptors (Lipinski definition) is 8. The van der Waals surface area contributed by atoms with Gasteiger partial charge < -0.3 is 15.9 Å². The molecule has 0 aliphatic carbocycles. The van der Waals surface area contributed by atoms with E-state index in [2.05, 4.69) is 26.0 Å². The molecule has 0 saturated heterocycles. The summed E-state index contributed by atoms with van der Waals surface area (Å²) >= 11 is 1.19. The van der Waals surface area contributed by atoms with E-state index in [0.717, 1.165) is 16.9 Å². The van der Waals surface area contributed by atoms with Crippen LogP contribution in [-0.4, -0.2) is 39.9 Å². The van der Waals surface area contributed by atoms with Crippen molar-refractivity contribution in [1.29, 1.82) is 0 Å². The van der Waals surface area contributed by atoms with Crippen LogP contribution in [0.5, 0.6) is 5.75 Å². The number of carbonyl (C=O) groups is 1. The van der Waals surface area contributed by atoms with Gasteiger partial charge in [0.15, 0.2) is 0 Å². The molecule has 0 bridgehead atoms. The molecule has 0 aliphatic rings. The second-order valence-electron chi connectivity index (χ2n) is 6.37. The van der Waals surface area contributed by atoms with Crippen molar-refractivity contribution in [3.05, 3.63) is 65.2 Å². The zero-order valence-electron chi connectivity index (χ0n) is 16.7. The number of amides is 1. The molecular formula is C20H23N7O2S. The number of ether oxygens (including phenoxy) is 1. The topological polar surface area (TPSA) is 119 Å². The molecule has 30 heavy (non-hydrogen) atoms. The van der Waals surface area contributed by atoms with E-state index in [0.29, 0.717) is 11.7 Å². The van der Waals surface area contributed by atoms with Gasteiger partial charge in [-0.25, -0.2) is 10.1 Å². The van der Waals surface area contributed by atoms with Crippen LogP contribution in [0.1, 0.15) is 16.7 Å². The third-order valence-corrected chi connectivity index (χ3v) is 5.04. The number of rotatable bonds is 9. The largest absolute Gasteiger partial charge is 0.497 e. The number of thioether (sulfide) groups is 1. The van der Waals surface area contributed by atoms with Crippen LogP contribution in [0.25, 0.3) is 0 Å². The van der Waals surface area contributed by atoms with Gasteiger partial charge in [0.05, 0.1) is 19.1 Å². The quantitative estimate of drug-likeness (QED) is 0.208. The van der Waals surface area contributed by atoms with Gasteiger partial charge in [0, 0.05) is 6.54 Å². The number of aryl methyl sites for hydroxylation is 1. The molecule has 3 aromatic rings. The molecule has 0 radical (unpaired) electrons. The van der Waals surface area contributed by atoms with Crippen LogP contribution in [0.4, 0.5) is 5.95 Å². The zero-order valence-corrected chi connectivity index (χ0v) is 17.5. The highest BCUT2D eigenvalue weighted by atomic mass is 32.2. The Morgan fingerprint density at radius 1 is 1.20 bits per heavy atom. The molecular weight excluding hydrogens is 402 g/mol. The minimum atomic E-state index is -0.115. The lowest BCUT2D eigenvalue weighted by molar-refractivity contribution is -0.118. The van der Waals surface area contributed by atoms with Gasteiger partial charge in [-0.3, -0.25) is 4.79 Å². The second kappa shape index (κ2) is 10.3. The van der Waals surface area contributed by atoms with Crippen LogP contribution in [0, 0.1) is 6.92 Å². The van der Waals surface area contributed by atoms with E-state index in [1.165, 1.54) is 22.0 Å². The predicted molar refractivity (Wildman–Crippen MR) is 118 cm³/mol. The monoisotopic (exact) mass is 425 g/mol. The Hall–Kier alpha value is -3.53. The maximum atomic E-state index is 12.1. The van der Waals surface area contributed by atoms with Gasteiger partial charge in [0.1, 0.15) is 5.75 Å². The van der Waals surface area contributed by atoms with Crippen molar-refractivity contribution in [1.82, 2.24) is 20.2 Å². The Morgan fingerprint density at radius 2 is 1.93 bits per heavy atom. The average molecular weight is 426 g/mol. The van der Waals surface area contributed by atoms with E-state index < -0.39 is 0 Å². The van der Waals surface area contributed by atoms with Crippen molar-refractivity contribution in [3.63, 3.8) is 0 Å². The first-order chi connectivity index (χ1) is 14.5. The van der Waals surface area contributed by atoms with E-state index in [9.17, 15) is 4.79 Å². The van der Waals surface area contributed by atoms with Gasteiger partial charge in [-0.2, -0.15) is 5.10 Å². The second-order valence-corrected chi connectivity index (χ2v) is 7.31. The van der Waals surface area contributed by atoms with Crippen LogP contribution < -0.4 is 21.3 Å². The predicted octanol–water partition coefficient (Wildman–Crippen LogP) is 2.16. The van der Waals surface area contributed by atoms with Crippen LogP contribution in [-0.2, 0) is 11.3 Å². The molecule has 1 aromatic heterocycles. The lowest BCUT2D eigenvalue weighted by Gasteiger charge is -2.06. The van der Waals surface area contributed by atoms with Crippen molar-refractivity contribution >= 4 is 29.8 Å². The molecule has 2 aromatic carbocycles. The van der Waals surface area contributed by atoms with Crippen LogP contribution in [0.2, 0.25) is 0 Å². The Bertz CT molecular complexity index is 1000. The molecule has 1 amide bonds. The number of hydrogen-bond donors (Lipinski definition) is 3. The maximum absolute atomic E-state index is 12.1. The van der Waals surface area contributed by atoms with Crippen LogP contribution in [0.15, 0.2) is 58.8 Å². The first-order valence-electron chi connectivity index (χ1n) is 9.14. The number of anilines is 1. The number of nitrogens with one attached hydrogen (secondary N) is 2. The van der Waals surface area contributed by atoms with Crippen LogP contribution >= 0.6 is 11.8 Å².